The topological polar surface area (TPSA) is 93.7 Å². The van der Waals surface area contributed by atoms with E-state index in [2.05, 4.69) is 10.6 Å². The number of ether oxygens (including phenoxy) is 2. The summed E-state index contributed by atoms with van der Waals surface area (Å²) in [5, 5.41) is 5.72. The van der Waals surface area contributed by atoms with Crippen LogP contribution in [0.3, 0.4) is 0 Å². The van der Waals surface area contributed by atoms with Gasteiger partial charge in [0, 0.05) is 26.1 Å². The summed E-state index contributed by atoms with van der Waals surface area (Å²) in [5.74, 6) is -3.03. The van der Waals surface area contributed by atoms with Crippen molar-refractivity contribution in [1.82, 2.24) is 5.32 Å². The summed E-state index contributed by atoms with van der Waals surface area (Å²) in [7, 11) is 0. The first-order valence-corrected chi connectivity index (χ1v) is 7.69. The van der Waals surface area contributed by atoms with E-state index in [4.69, 9.17) is 9.47 Å². The van der Waals surface area contributed by atoms with Crippen LogP contribution >= 0.6 is 0 Å². The smallest absolute Gasteiger partial charge is 0.350 e. The minimum absolute atomic E-state index is 0.200. The lowest BCUT2D eigenvalue weighted by molar-refractivity contribution is -0.222. The Kier molecular flexibility index (Phi) is 4.01. The number of esters is 2. The molecule has 24 heavy (non-hydrogen) atoms. The molecule has 0 bridgehead atoms. The van der Waals surface area contributed by atoms with Gasteiger partial charge in [0.05, 0.1) is 11.3 Å². The monoisotopic (exact) mass is 330 g/mol. The SMILES string of the molecule is CC1(C)OC(=O)C(=CNc2ccccc2C(=O)NC2CC2)C(=O)O1. The molecular formula is C17H18N2O5. The quantitative estimate of drug-likeness (QED) is 0.496. The summed E-state index contributed by atoms with van der Waals surface area (Å²) in [6.45, 7) is 2.95. The van der Waals surface area contributed by atoms with Gasteiger partial charge in [0.2, 0.25) is 0 Å². The van der Waals surface area contributed by atoms with Crippen LogP contribution in [0.5, 0.6) is 0 Å². The molecule has 1 saturated carbocycles. The van der Waals surface area contributed by atoms with Crippen molar-refractivity contribution in [1.29, 1.82) is 0 Å². The molecule has 0 radical (unpaired) electrons. The van der Waals surface area contributed by atoms with Gasteiger partial charge in [0.15, 0.2) is 5.57 Å². The van der Waals surface area contributed by atoms with Gasteiger partial charge >= 0.3 is 11.9 Å². The van der Waals surface area contributed by atoms with Crippen molar-refractivity contribution in [2.24, 2.45) is 0 Å². The first-order chi connectivity index (χ1) is 11.4. The molecule has 3 rings (SSSR count). The second-order valence-electron chi connectivity index (χ2n) is 6.17. The van der Waals surface area contributed by atoms with E-state index in [0.717, 1.165) is 12.8 Å². The van der Waals surface area contributed by atoms with Gasteiger partial charge in [0.25, 0.3) is 11.7 Å². The van der Waals surface area contributed by atoms with Gasteiger partial charge < -0.3 is 20.1 Å². The molecule has 126 valence electrons. The molecule has 1 aromatic rings. The second-order valence-corrected chi connectivity index (χ2v) is 6.17. The van der Waals surface area contributed by atoms with Crippen molar-refractivity contribution >= 4 is 23.5 Å². The Morgan fingerprint density at radius 1 is 1.17 bits per heavy atom. The fraction of sp³-hybridized carbons (Fsp3) is 0.353. The predicted octanol–water partition coefficient (Wildman–Crippen LogP) is 1.71. The largest absolute Gasteiger partial charge is 0.419 e. The number of amides is 1. The molecule has 2 fully saturated rings. The van der Waals surface area contributed by atoms with Gasteiger partial charge in [0.1, 0.15) is 0 Å². The Bertz CT molecular complexity index is 712. The van der Waals surface area contributed by atoms with Crippen LogP contribution in [0.4, 0.5) is 5.69 Å². The van der Waals surface area contributed by atoms with Crippen molar-refractivity contribution in [3.8, 4) is 0 Å². The zero-order valence-electron chi connectivity index (χ0n) is 13.4. The summed E-state index contributed by atoms with van der Waals surface area (Å²) >= 11 is 0. The number of benzene rings is 1. The van der Waals surface area contributed by atoms with Crippen molar-refractivity contribution in [3.63, 3.8) is 0 Å². The highest BCUT2D eigenvalue weighted by atomic mass is 16.7. The molecule has 7 heteroatoms. The number of carbonyl (C=O) groups excluding carboxylic acids is 3. The maximum absolute atomic E-state index is 12.2. The third-order valence-corrected chi connectivity index (χ3v) is 3.57. The zero-order valence-corrected chi connectivity index (χ0v) is 13.4. The van der Waals surface area contributed by atoms with Crippen molar-refractivity contribution in [2.45, 2.75) is 38.5 Å². The number of carbonyl (C=O) groups is 3. The maximum atomic E-state index is 12.2. The lowest BCUT2D eigenvalue weighted by Gasteiger charge is -2.29. The van der Waals surface area contributed by atoms with E-state index < -0.39 is 17.7 Å². The van der Waals surface area contributed by atoms with Crippen molar-refractivity contribution in [3.05, 3.63) is 41.6 Å². The Hall–Kier alpha value is -2.83. The normalized spacial score (nSPS) is 19.2. The van der Waals surface area contributed by atoms with E-state index in [1.807, 2.05) is 0 Å². The van der Waals surface area contributed by atoms with Crippen molar-refractivity contribution < 1.29 is 23.9 Å². The van der Waals surface area contributed by atoms with Crippen LogP contribution in [0.1, 0.15) is 37.0 Å². The van der Waals surface area contributed by atoms with Gasteiger partial charge in [-0.2, -0.15) is 0 Å². The highest BCUT2D eigenvalue weighted by Crippen LogP contribution is 2.24. The first-order valence-electron chi connectivity index (χ1n) is 7.69. The van der Waals surface area contributed by atoms with Gasteiger partial charge in [-0.1, -0.05) is 12.1 Å². The number of cyclic esters (lactones) is 2. The molecule has 7 nitrogen and oxygen atoms in total. The van der Waals surface area contributed by atoms with Gasteiger partial charge in [-0.3, -0.25) is 4.79 Å². The molecule has 1 amide bonds. The van der Waals surface area contributed by atoms with E-state index in [9.17, 15) is 14.4 Å². The Labute approximate surface area is 139 Å². The summed E-state index contributed by atoms with van der Waals surface area (Å²) in [6.07, 6.45) is 3.17. The standard InChI is InChI=1S/C17H18N2O5/c1-17(2)23-15(21)12(16(22)24-17)9-18-13-6-4-3-5-11(13)14(20)19-10-7-8-10/h3-6,9-10,18H,7-8H2,1-2H3,(H,19,20). The molecule has 0 aromatic heterocycles. The van der Waals surface area contributed by atoms with Crippen LogP contribution in [-0.2, 0) is 19.1 Å². The summed E-state index contributed by atoms with van der Waals surface area (Å²) in [6, 6.07) is 7.07. The van der Waals surface area contributed by atoms with Crippen LogP contribution < -0.4 is 10.6 Å². The van der Waals surface area contributed by atoms with Crippen LogP contribution in [0.25, 0.3) is 0 Å². The Balaban J connectivity index is 1.77. The molecule has 1 aliphatic carbocycles. The maximum Gasteiger partial charge on any atom is 0.350 e. The molecule has 0 spiro atoms. The number of hydrogen-bond acceptors (Lipinski definition) is 6. The predicted molar refractivity (Wildman–Crippen MR) is 84.9 cm³/mol. The molecule has 1 aromatic carbocycles. The number of hydrogen-bond donors (Lipinski definition) is 2. The average molecular weight is 330 g/mol. The number of anilines is 1. The third kappa shape index (κ3) is 3.56. The lowest BCUT2D eigenvalue weighted by Crippen LogP contribution is -2.42. The fourth-order valence-corrected chi connectivity index (χ4v) is 2.23. The van der Waals surface area contributed by atoms with Crippen LogP contribution in [0, 0.1) is 0 Å². The second kappa shape index (κ2) is 5.99. The molecule has 1 aliphatic heterocycles. The van der Waals surface area contributed by atoms with Crippen molar-refractivity contribution in [2.75, 3.05) is 5.32 Å². The minimum atomic E-state index is -1.28. The Morgan fingerprint density at radius 3 is 2.42 bits per heavy atom. The van der Waals surface area contributed by atoms with Crippen LogP contribution in [-0.4, -0.2) is 29.7 Å². The van der Waals surface area contributed by atoms with Gasteiger partial charge in [-0.25, -0.2) is 9.59 Å². The third-order valence-electron chi connectivity index (χ3n) is 3.57. The first kappa shape index (κ1) is 16.0. The number of para-hydroxylation sites is 1. The molecular weight excluding hydrogens is 312 g/mol. The van der Waals surface area contributed by atoms with E-state index >= 15 is 0 Å². The number of nitrogens with one attached hydrogen (secondary N) is 2. The van der Waals surface area contributed by atoms with Gasteiger partial charge in [-0.05, 0) is 25.0 Å². The molecule has 0 atom stereocenters. The highest BCUT2D eigenvalue weighted by molar-refractivity contribution is 6.15. The lowest BCUT2D eigenvalue weighted by atomic mass is 10.1. The fourth-order valence-electron chi connectivity index (χ4n) is 2.23. The summed E-state index contributed by atoms with van der Waals surface area (Å²) in [4.78, 5) is 36.0. The molecule has 0 unspecified atom stereocenters. The van der Waals surface area contributed by atoms with Crippen LogP contribution in [0.15, 0.2) is 36.0 Å². The molecule has 2 N–H and O–H groups in total. The molecule has 2 aliphatic rings. The van der Waals surface area contributed by atoms with E-state index in [1.54, 1.807) is 24.3 Å². The summed E-state index contributed by atoms with van der Waals surface area (Å²) < 4.78 is 10.0. The van der Waals surface area contributed by atoms with E-state index in [0.29, 0.717) is 11.3 Å². The average Bonchev–Trinajstić information content (AvgIpc) is 3.29. The number of rotatable bonds is 4. The highest BCUT2D eigenvalue weighted by Gasteiger charge is 2.39. The van der Waals surface area contributed by atoms with E-state index in [1.165, 1.54) is 20.0 Å². The van der Waals surface area contributed by atoms with Crippen LogP contribution in [0.2, 0.25) is 0 Å². The minimum Gasteiger partial charge on any atom is -0.419 e. The zero-order chi connectivity index (χ0) is 17.3. The summed E-state index contributed by atoms with van der Waals surface area (Å²) in [5.41, 5.74) is 0.652. The van der Waals surface area contributed by atoms with E-state index in [-0.39, 0.29) is 17.5 Å². The van der Waals surface area contributed by atoms with Gasteiger partial charge in [-0.15, -0.1) is 0 Å². The molecule has 1 heterocycles. The Morgan fingerprint density at radius 2 is 1.79 bits per heavy atom. The molecule has 1 saturated heterocycles.